The molecule has 3 rings (SSSR count). The van der Waals surface area contributed by atoms with Gasteiger partial charge in [-0.3, -0.25) is 19.3 Å². The molecule has 1 aliphatic heterocycles. The van der Waals surface area contributed by atoms with Gasteiger partial charge in [-0.25, -0.2) is 0 Å². The van der Waals surface area contributed by atoms with E-state index in [4.69, 9.17) is 9.15 Å². The van der Waals surface area contributed by atoms with E-state index in [1.54, 1.807) is 26.0 Å². The van der Waals surface area contributed by atoms with Crippen LogP contribution < -0.4 is 0 Å². The SMILES string of the molecule is Cc1ccc(Sc2ccc(/C=C3\SC(=O)N(CC(=O)OC(C)C)C3=O)o2)cc1. The lowest BCUT2D eigenvalue weighted by atomic mass is 10.2. The van der Waals surface area contributed by atoms with Gasteiger partial charge in [-0.15, -0.1) is 0 Å². The normalized spacial score (nSPS) is 15.7. The summed E-state index contributed by atoms with van der Waals surface area (Å²) in [7, 11) is 0. The van der Waals surface area contributed by atoms with Crippen LogP contribution in [0.4, 0.5) is 4.79 Å². The molecule has 1 fully saturated rings. The van der Waals surface area contributed by atoms with E-state index in [9.17, 15) is 14.4 Å². The van der Waals surface area contributed by atoms with Crippen molar-refractivity contribution in [3.63, 3.8) is 0 Å². The van der Waals surface area contributed by atoms with Gasteiger partial charge in [0, 0.05) is 11.0 Å². The number of benzene rings is 1. The van der Waals surface area contributed by atoms with E-state index in [2.05, 4.69) is 0 Å². The molecular formula is C20H19NO5S2. The molecule has 146 valence electrons. The van der Waals surface area contributed by atoms with Crippen molar-refractivity contribution in [2.75, 3.05) is 6.54 Å². The van der Waals surface area contributed by atoms with Gasteiger partial charge in [-0.05, 0) is 56.8 Å². The van der Waals surface area contributed by atoms with Crippen LogP contribution in [0, 0.1) is 6.92 Å². The van der Waals surface area contributed by atoms with E-state index in [0.29, 0.717) is 10.9 Å². The molecule has 0 N–H and O–H groups in total. The fourth-order valence-corrected chi connectivity index (χ4v) is 3.98. The zero-order valence-electron chi connectivity index (χ0n) is 15.6. The van der Waals surface area contributed by atoms with Crippen LogP contribution in [-0.2, 0) is 14.3 Å². The van der Waals surface area contributed by atoms with Crippen LogP contribution in [0.1, 0.15) is 25.2 Å². The fourth-order valence-electron chi connectivity index (χ4n) is 2.38. The predicted molar refractivity (Wildman–Crippen MR) is 108 cm³/mol. The summed E-state index contributed by atoms with van der Waals surface area (Å²) in [6.45, 7) is 5.03. The molecule has 2 amide bonds. The number of carbonyl (C=O) groups is 3. The second-order valence-corrected chi connectivity index (χ2v) is 8.45. The zero-order chi connectivity index (χ0) is 20.3. The second kappa shape index (κ2) is 8.70. The molecular weight excluding hydrogens is 398 g/mol. The lowest BCUT2D eigenvalue weighted by Gasteiger charge is -2.13. The summed E-state index contributed by atoms with van der Waals surface area (Å²) in [5, 5.41) is 0.174. The number of thioether (sulfide) groups is 1. The molecule has 0 saturated carbocycles. The van der Waals surface area contributed by atoms with Gasteiger partial charge >= 0.3 is 5.97 Å². The lowest BCUT2D eigenvalue weighted by molar-refractivity contribution is -0.149. The van der Waals surface area contributed by atoms with Gasteiger partial charge in [0.2, 0.25) is 0 Å². The number of hydrogen-bond donors (Lipinski definition) is 0. The molecule has 0 bridgehead atoms. The topological polar surface area (TPSA) is 76.8 Å². The predicted octanol–water partition coefficient (Wildman–Crippen LogP) is 4.73. The van der Waals surface area contributed by atoms with Gasteiger partial charge in [0.25, 0.3) is 11.1 Å². The average molecular weight is 418 g/mol. The number of esters is 1. The Hall–Kier alpha value is -2.45. The molecule has 1 aromatic heterocycles. The molecule has 0 atom stereocenters. The Kier molecular flexibility index (Phi) is 6.31. The quantitative estimate of drug-likeness (QED) is 0.497. The number of imide groups is 1. The maximum atomic E-state index is 12.4. The van der Waals surface area contributed by atoms with Crippen molar-refractivity contribution < 1.29 is 23.5 Å². The number of ether oxygens (including phenoxy) is 1. The summed E-state index contributed by atoms with van der Waals surface area (Å²) in [5.41, 5.74) is 1.18. The van der Waals surface area contributed by atoms with Gasteiger partial charge in [-0.2, -0.15) is 0 Å². The van der Waals surface area contributed by atoms with Gasteiger partial charge in [0.05, 0.1) is 11.0 Å². The summed E-state index contributed by atoms with van der Waals surface area (Å²) >= 11 is 2.24. The van der Waals surface area contributed by atoms with Crippen LogP contribution in [0.25, 0.3) is 6.08 Å². The van der Waals surface area contributed by atoms with E-state index in [0.717, 1.165) is 21.6 Å². The number of nitrogens with zero attached hydrogens (tertiary/aromatic N) is 1. The Morgan fingerprint density at radius 1 is 1.21 bits per heavy atom. The highest BCUT2D eigenvalue weighted by Crippen LogP contribution is 2.34. The van der Waals surface area contributed by atoms with Crippen molar-refractivity contribution in [3.05, 3.63) is 52.6 Å². The van der Waals surface area contributed by atoms with Gasteiger partial charge in [0.1, 0.15) is 12.3 Å². The summed E-state index contributed by atoms with van der Waals surface area (Å²) in [6.07, 6.45) is 1.20. The molecule has 1 aromatic carbocycles. The van der Waals surface area contributed by atoms with Crippen molar-refractivity contribution in [1.29, 1.82) is 0 Å². The minimum atomic E-state index is -0.617. The van der Waals surface area contributed by atoms with Crippen LogP contribution >= 0.6 is 23.5 Å². The number of furan rings is 1. The number of rotatable bonds is 6. The summed E-state index contributed by atoms with van der Waals surface area (Å²) < 4.78 is 10.7. The maximum absolute atomic E-state index is 12.4. The van der Waals surface area contributed by atoms with Crippen molar-refractivity contribution in [3.8, 4) is 0 Å². The van der Waals surface area contributed by atoms with Crippen LogP contribution in [0.15, 0.2) is 55.7 Å². The maximum Gasteiger partial charge on any atom is 0.326 e. The van der Waals surface area contributed by atoms with Crippen molar-refractivity contribution >= 4 is 46.7 Å². The first-order valence-corrected chi connectivity index (χ1v) is 10.2. The first kappa shape index (κ1) is 20.3. The molecule has 2 aromatic rings. The monoisotopic (exact) mass is 417 g/mol. The van der Waals surface area contributed by atoms with Gasteiger partial charge < -0.3 is 9.15 Å². The highest BCUT2D eigenvalue weighted by Gasteiger charge is 2.37. The minimum Gasteiger partial charge on any atom is -0.462 e. The first-order chi connectivity index (χ1) is 13.3. The van der Waals surface area contributed by atoms with E-state index in [-0.39, 0.29) is 11.0 Å². The van der Waals surface area contributed by atoms with Gasteiger partial charge in [-0.1, -0.05) is 29.5 Å². The van der Waals surface area contributed by atoms with Crippen LogP contribution in [0.2, 0.25) is 0 Å². The molecule has 0 radical (unpaired) electrons. The largest absolute Gasteiger partial charge is 0.462 e. The standard InChI is InChI=1S/C20H19NO5S2/c1-12(2)25-17(22)11-21-19(23)16(28-20(21)24)10-14-6-9-18(26-14)27-15-7-4-13(3)5-8-15/h4-10,12H,11H2,1-3H3/b16-10-. The molecule has 28 heavy (non-hydrogen) atoms. The van der Waals surface area contributed by atoms with Crippen molar-refractivity contribution in [2.24, 2.45) is 0 Å². The highest BCUT2D eigenvalue weighted by molar-refractivity contribution is 8.18. The third-order valence-electron chi connectivity index (χ3n) is 3.64. The summed E-state index contributed by atoms with van der Waals surface area (Å²) in [6, 6.07) is 11.6. The fraction of sp³-hybridized carbons (Fsp3) is 0.250. The Morgan fingerprint density at radius 2 is 1.93 bits per heavy atom. The Labute approximate surface area is 171 Å². The molecule has 8 heteroatoms. The highest BCUT2D eigenvalue weighted by atomic mass is 32.2. The zero-order valence-corrected chi connectivity index (χ0v) is 17.3. The van der Waals surface area contributed by atoms with Crippen LogP contribution in [-0.4, -0.2) is 34.7 Å². The second-order valence-electron chi connectivity index (χ2n) is 6.38. The third kappa shape index (κ3) is 5.08. The molecule has 1 aliphatic rings. The first-order valence-electron chi connectivity index (χ1n) is 8.61. The molecule has 6 nitrogen and oxygen atoms in total. The van der Waals surface area contributed by atoms with Crippen molar-refractivity contribution in [2.45, 2.75) is 36.9 Å². The van der Waals surface area contributed by atoms with Crippen molar-refractivity contribution in [1.82, 2.24) is 4.90 Å². The third-order valence-corrected chi connectivity index (χ3v) is 5.48. The molecule has 0 spiro atoms. The van der Waals surface area contributed by atoms with E-state index < -0.39 is 23.7 Å². The average Bonchev–Trinajstić information content (AvgIpc) is 3.16. The van der Waals surface area contributed by atoms with Crippen LogP contribution in [0.3, 0.4) is 0 Å². The van der Waals surface area contributed by atoms with Gasteiger partial charge in [0.15, 0.2) is 5.09 Å². The lowest BCUT2D eigenvalue weighted by Crippen LogP contribution is -2.35. The molecule has 1 saturated heterocycles. The number of amides is 2. The molecule has 2 heterocycles. The summed E-state index contributed by atoms with van der Waals surface area (Å²) in [4.78, 5) is 38.4. The Balaban J connectivity index is 1.67. The minimum absolute atomic E-state index is 0.212. The molecule has 0 unspecified atom stereocenters. The molecule has 0 aliphatic carbocycles. The number of hydrogen-bond acceptors (Lipinski definition) is 7. The summed E-state index contributed by atoms with van der Waals surface area (Å²) in [5.74, 6) is -0.682. The van der Waals surface area contributed by atoms with E-state index in [1.165, 1.54) is 23.4 Å². The van der Waals surface area contributed by atoms with Crippen LogP contribution in [0.5, 0.6) is 0 Å². The Bertz CT molecular complexity index is 930. The number of aryl methyl sites for hydroxylation is 1. The smallest absolute Gasteiger partial charge is 0.326 e. The Morgan fingerprint density at radius 3 is 2.61 bits per heavy atom. The number of carbonyl (C=O) groups excluding carboxylic acids is 3. The van der Waals surface area contributed by atoms with E-state index >= 15 is 0 Å². The van der Waals surface area contributed by atoms with E-state index in [1.807, 2.05) is 31.2 Å².